The molecule has 3 heteroatoms. The number of carbonyl (C=O) groups is 2. The van der Waals surface area contributed by atoms with E-state index in [1.165, 1.54) is 0 Å². The van der Waals surface area contributed by atoms with Gasteiger partial charge in [-0.15, -0.1) is 0 Å². The molecule has 0 fully saturated rings. The lowest BCUT2D eigenvalue weighted by molar-refractivity contribution is -0.126. The van der Waals surface area contributed by atoms with E-state index in [2.05, 4.69) is 5.32 Å². The van der Waals surface area contributed by atoms with Crippen LogP contribution in [0.5, 0.6) is 0 Å². The molecule has 0 heterocycles. The summed E-state index contributed by atoms with van der Waals surface area (Å²) in [5.41, 5.74) is 3.24. The van der Waals surface area contributed by atoms with Crippen LogP contribution in [0.1, 0.15) is 22.3 Å². The standard InChI is InChI=1S/C30H23NO2/c1-21-17-19-25(20-18-21)31-30(24-15-9-4-10-16-24)28(32)26(22-11-5-2-6-12-22)27(29(30)33)23-13-7-3-8-14-23/h2-20,31H,1H3. The second-order valence-electron chi connectivity index (χ2n) is 8.25. The number of Topliss-reactive ketones (excluding diaryl/α,β-unsaturated/α-hetero) is 2. The maximum absolute atomic E-state index is 14.4. The Hall–Kier alpha value is -4.24. The van der Waals surface area contributed by atoms with Crippen molar-refractivity contribution in [2.24, 2.45) is 0 Å². The van der Waals surface area contributed by atoms with E-state index in [4.69, 9.17) is 0 Å². The van der Waals surface area contributed by atoms with Gasteiger partial charge in [0.05, 0.1) is 0 Å². The van der Waals surface area contributed by atoms with Gasteiger partial charge >= 0.3 is 0 Å². The molecule has 4 aromatic carbocycles. The molecule has 33 heavy (non-hydrogen) atoms. The molecule has 0 spiro atoms. The summed E-state index contributed by atoms with van der Waals surface area (Å²) >= 11 is 0. The second kappa shape index (κ2) is 8.36. The molecule has 0 unspecified atom stereocenters. The smallest absolute Gasteiger partial charge is 0.202 e. The summed E-state index contributed by atoms with van der Waals surface area (Å²) in [5, 5.41) is 3.36. The highest BCUT2D eigenvalue weighted by atomic mass is 16.2. The van der Waals surface area contributed by atoms with E-state index in [1.807, 2.05) is 122 Å². The summed E-state index contributed by atoms with van der Waals surface area (Å²) in [5.74, 6) is -0.492. The quantitative estimate of drug-likeness (QED) is 0.392. The number of ketones is 2. The molecule has 0 saturated heterocycles. The lowest BCUT2D eigenvalue weighted by atomic mass is 9.82. The van der Waals surface area contributed by atoms with E-state index in [0.717, 1.165) is 16.7 Å². The van der Waals surface area contributed by atoms with E-state index in [9.17, 15) is 9.59 Å². The van der Waals surface area contributed by atoms with Crippen LogP contribution in [0.25, 0.3) is 11.1 Å². The minimum Gasteiger partial charge on any atom is -0.363 e. The molecule has 1 N–H and O–H groups in total. The zero-order chi connectivity index (χ0) is 22.8. The number of benzene rings is 4. The molecule has 5 rings (SSSR count). The molecule has 3 nitrogen and oxygen atoms in total. The number of anilines is 1. The van der Waals surface area contributed by atoms with Crippen molar-refractivity contribution in [3.8, 4) is 0 Å². The van der Waals surface area contributed by atoms with Gasteiger partial charge in [0, 0.05) is 16.8 Å². The number of rotatable bonds is 5. The molecule has 0 radical (unpaired) electrons. The van der Waals surface area contributed by atoms with E-state index in [1.54, 1.807) is 0 Å². The van der Waals surface area contributed by atoms with E-state index >= 15 is 0 Å². The number of carbonyl (C=O) groups excluding carboxylic acids is 2. The summed E-state index contributed by atoms with van der Waals surface area (Å²) in [6, 6.07) is 35.9. The van der Waals surface area contributed by atoms with Gasteiger partial charge in [-0.2, -0.15) is 0 Å². The third-order valence-electron chi connectivity index (χ3n) is 6.10. The van der Waals surface area contributed by atoms with Crippen molar-refractivity contribution in [2.75, 3.05) is 5.32 Å². The Morgan fingerprint density at radius 1 is 0.545 bits per heavy atom. The lowest BCUT2D eigenvalue weighted by Gasteiger charge is -2.30. The molecule has 0 bridgehead atoms. The maximum Gasteiger partial charge on any atom is 0.202 e. The summed E-state index contributed by atoms with van der Waals surface area (Å²) in [6.07, 6.45) is 0. The fourth-order valence-corrected chi connectivity index (χ4v) is 4.46. The van der Waals surface area contributed by atoms with Crippen LogP contribution in [0, 0.1) is 6.92 Å². The Bertz CT molecular complexity index is 1280. The fourth-order valence-electron chi connectivity index (χ4n) is 4.46. The van der Waals surface area contributed by atoms with Crippen LogP contribution in [0.15, 0.2) is 115 Å². The van der Waals surface area contributed by atoms with Gasteiger partial charge in [0.2, 0.25) is 11.6 Å². The zero-order valence-electron chi connectivity index (χ0n) is 18.3. The first-order chi connectivity index (χ1) is 16.1. The van der Waals surface area contributed by atoms with Gasteiger partial charge in [-0.25, -0.2) is 0 Å². The largest absolute Gasteiger partial charge is 0.363 e. The van der Waals surface area contributed by atoms with Gasteiger partial charge in [0.1, 0.15) is 0 Å². The molecule has 1 aliphatic carbocycles. The third-order valence-corrected chi connectivity index (χ3v) is 6.10. The van der Waals surface area contributed by atoms with Crippen LogP contribution < -0.4 is 5.32 Å². The topological polar surface area (TPSA) is 46.2 Å². The summed E-state index contributed by atoms with van der Waals surface area (Å²) < 4.78 is 0. The van der Waals surface area contributed by atoms with E-state index in [-0.39, 0.29) is 11.6 Å². The molecule has 0 atom stereocenters. The average Bonchev–Trinajstić information content (AvgIpc) is 3.09. The maximum atomic E-state index is 14.4. The highest BCUT2D eigenvalue weighted by Crippen LogP contribution is 2.46. The molecule has 0 saturated carbocycles. The number of hydrogen-bond acceptors (Lipinski definition) is 3. The minimum atomic E-state index is -1.55. The second-order valence-corrected chi connectivity index (χ2v) is 8.25. The van der Waals surface area contributed by atoms with Gasteiger partial charge in [-0.3, -0.25) is 9.59 Å². The highest BCUT2D eigenvalue weighted by molar-refractivity contribution is 6.56. The molecule has 1 aliphatic rings. The Labute approximate surface area is 193 Å². The van der Waals surface area contributed by atoms with Gasteiger partial charge in [0.25, 0.3) is 0 Å². The monoisotopic (exact) mass is 429 g/mol. The summed E-state index contributed by atoms with van der Waals surface area (Å²) in [4.78, 5) is 28.7. The summed E-state index contributed by atoms with van der Waals surface area (Å²) in [7, 11) is 0. The van der Waals surface area contributed by atoms with E-state index < -0.39 is 5.54 Å². The molecule has 0 aliphatic heterocycles. The minimum absolute atomic E-state index is 0.246. The number of aryl methyl sites for hydroxylation is 1. The molecule has 160 valence electrons. The molecule has 4 aromatic rings. The highest BCUT2D eigenvalue weighted by Gasteiger charge is 2.56. The van der Waals surface area contributed by atoms with Crippen LogP contribution in [0.2, 0.25) is 0 Å². The Morgan fingerprint density at radius 2 is 0.970 bits per heavy atom. The fraction of sp³-hybridized carbons (Fsp3) is 0.0667. The van der Waals surface area contributed by atoms with Crippen molar-refractivity contribution in [2.45, 2.75) is 12.5 Å². The van der Waals surface area contributed by atoms with Crippen molar-refractivity contribution >= 4 is 28.4 Å². The Balaban J connectivity index is 1.77. The van der Waals surface area contributed by atoms with Crippen LogP contribution in [-0.4, -0.2) is 11.6 Å². The predicted octanol–water partition coefficient (Wildman–Crippen LogP) is 6.07. The van der Waals surface area contributed by atoms with Gasteiger partial charge < -0.3 is 5.32 Å². The number of nitrogens with one attached hydrogen (secondary N) is 1. The zero-order valence-corrected chi connectivity index (χ0v) is 18.3. The first-order valence-corrected chi connectivity index (χ1v) is 11.0. The SMILES string of the molecule is Cc1ccc(NC2(c3ccccc3)C(=O)C(c3ccccc3)=C(c3ccccc3)C2=O)cc1. The van der Waals surface area contributed by atoms with Gasteiger partial charge in [-0.1, -0.05) is 109 Å². The summed E-state index contributed by atoms with van der Waals surface area (Å²) in [6.45, 7) is 2.01. The first-order valence-electron chi connectivity index (χ1n) is 11.0. The van der Waals surface area contributed by atoms with E-state index in [0.29, 0.717) is 22.4 Å². The van der Waals surface area contributed by atoms with Crippen LogP contribution in [-0.2, 0) is 15.1 Å². The van der Waals surface area contributed by atoms with Crippen LogP contribution in [0.3, 0.4) is 0 Å². The normalized spacial score (nSPS) is 15.1. The molecule has 0 aromatic heterocycles. The van der Waals surface area contributed by atoms with Crippen molar-refractivity contribution in [1.29, 1.82) is 0 Å². The van der Waals surface area contributed by atoms with Gasteiger partial charge in [0.15, 0.2) is 5.54 Å². The average molecular weight is 430 g/mol. The first kappa shape index (κ1) is 20.7. The van der Waals surface area contributed by atoms with Crippen LogP contribution >= 0.6 is 0 Å². The van der Waals surface area contributed by atoms with Crippen LogP contribution in [0.4, 0.5) is 5.69 Å². The van der Waals surface area contributed by atoms with Crippen molar-refractivity contribution in [3.05, 3.63) is 138 Å². The van der Waals surface area contributed by atoms with Crippen molar-refractivity contribution < 1.29 is 9.59 Å². The third kappa shape index (κ3) is 3.48. The Morgan fingerprint density at radius 3 is 1.42 bits per heavy atom. The number of hydrogen-bond donors (Lipinski definition) is 1. The van der Waals surface area contributed by atoms with Gasteiger partial charge in [-0.05, 0) is 35.7 Å². The predicted molar refractivity (Wildman–Crippen MR) is 133 cm³/mol. The molecular weight excluding hydrogens is 406 g/mol. The lowest BCUT2D eigenvalue weighted by Crippen LogP contribution is -2.47. The molecular formula is C30H23NO2. The van der Waals surface area contributed by atoms with Crippen molar-refractivity contribution in [1.82, 2.24) is 0 Å². The molecule has 0 amide bonds. The van der Waals surface area contributed by atoms with Crippen molar-refractivity contribution in [3.63, 3.8) is 0 Å². The Kier molecular flexibility index (Phi) is 5.23.